The third-order valence-electron chi connectivity index (χ3n) is 2.81. The van der Waals surface area contributed by atoms with E-state index in [1.807, 2.05) is 0 Å². The molecule has 1 atom stereocenters. The Hall–Kier alpha value is -0.160. The van der Waals surface area contributed by atoms with E-state index in [1.54, 1.807) is 0 Å². The van der Waals surface area contributed by atoms with Gasteiger partial charge in [0, 0.05) is 0 Å². The van der Waals surface area contributed by atoms with Crippen molar-refractivity contribution in [3.63, 3.8) is 0 Å². The van der Waals surface area contributed by atoms with E-state index in [1.165, 1.54) is 38.5 Å². The summed E-state index contributed by atoms with van der Waals surface area (Å²) in [5, 5.41) is 8.44. The minimum atomic E-state index is 0.0319. The molecule has 1 aliphatic heterocycles. The molecule has 1 heterocycles. The summed E-state index contributed by atoms with van der Waals surface area (Å²) in [6.45, 7) is 5.03. The SMILES string of the molecule is CC(C)CCCCCCCC1COOOO1. The number of hydrogen-bond acceptors (Lipinski definition) is 4. The fourth-order valence-electron chi connectivity index (χ4n) is 1.81. The van der Waals surface area contributed by atoms with E-state index in [4.69, 9.17) is 4.89 Å². The van der Waals surface area contributed by atoms with Crippen molar-refractivity contribution in [3.05, 3.63) is 0 Å². The van der Waals surface area contributed by atoms with Crippen molar-refractivity contribution in [3.8, 4) is 0 Å². The van der Waals surface area contributed by atoms with Gasteiger partial charge in [0.1, 0.15) is 12.7 Å². The molecule has 0 aromatic rings. The zero-order valence-electron chi connectivity index (χ0n) is 10.4. The van der Waals surface area contributed by atoms with Crippen LogP contribution >= 0.6 is 0 Å². The van der Waals surface area contributed by atoms with Crippen LogP contribution in [0, 0.1) is 5.92 Å². The van der Waals surface area contributed by atoms with Gasteiger partial charge < -0.3 is 0 Å². The summed E-state index contributed by atoms with van der Waals surface area (Å²) >= 11 is 0. The summed E-state index contributed by atoms with van der Waals surface area (Å²) in [6.07, 6.45) is 8.81. The van der Waals surface area contributed by atoms with Gasteiger partial charge in [0.15, 0.2) is 0 Å². The summed E-state index contributed by atoms with van der Waals surface area (Å²) in [5.41, 5.74) is 0. The Morgan fingerprint density at radius 2 is 1.75 bits per heavy atom. The van der Waals surface area contributed by atoms with Gasteiger partial charge in [-0.2, -0.15) is 4.89 Å². The predicted molar refractivity (Wildman–Crippen MR) is 60.2 cm³/mol. The molecule has 96 valence electrons. The van der Waals surface area contributed by atoms with Crippen LogP contribution in [0.1, 0.15) is 58.8 Å². The molecule has 0 amide bonds. The Morgan fingerprint density at radius 3 is 2.44 bits per heavy atom. The quantitative estimate of drug-likeness (QED) is 0.473. The van der Waals surface area contributed by atoms with Crippen LogP contribution in [-0.2, 0) is 19.9 Å². The van der Waals surface area contributed by atoms with Gasteiger partial charge in [-0.1, -0.05) is 52.4 Å². The van der Waals surface area contributed by atoms with Gasteiger partial charge in [0.2, 0.25) is 0 Å². The summed E-state index contributed by atoms with van der Waals surface area (Å²) in [5.74, 6) is 0.838. The van der Waals surface area contributed by atoms with E-state index in [0.717, 1.165) is 12.3 Å². The maximum atomic E-state index is 4.89. The molecule has 1 fully saturated rings. The highest BCUT2D eigenvalue weighted by atomic mass is 17.7. The van der Waals surface area contributed by atoms with E-state index in [-0.39, 0.29) is 6.10 Å². The van der Waals surface area contributed by atoms with Gasteiger partial charge in [-0.15, -0.1) is 0 Å². The zero-order chi connectivity index (χ0) is 11.6. The Balaban J connectivity index is 1.80. The van der Waals surface area contributed by atoms with Crippen molar-refractivity contribution < 1.29 is 19.9 Å². The maximum absolute atomic E-state index is 4.89. The molecule has 4 nitrogen and oxygen atoms in total. The van der Waals surface area contributed by atoms with Gasteiger partial charge in [0.25, 0.3) is 0 Å². The minimum Gasteiger partial charge on any atom is -0.201 e. The number of unbranched alkanes of at least 4 members (excludes halogenated alkanes) is 4. The van der Waals surface area contributed by atoms with Gasteiger partial charge in [-0.3, -0.25) is 0 Å². The lowest BCUT2D eigenvalue weighted by Crippen LogP contribution is -2.25. The van der Waals surface area contributed by atoms with Crippen molar-refractivity contribution in [1.82, 2.24) is 0 Å². The lowest BCUT2D eigenvalue weighted by atomic mass is 10.0. The molecule has 1 rings (SSSR count). The molecule has 0 N–H and O–H groups in total. The first kappa shape index (κ1) is 13.9. The number of hydrogen-bond donors (Lipinski definition) is 0. The Bertz CT molecular complexity index is 155. The molecule has 1 aliphatic rings. The molecular weight excluding hydrogens is 208 g/mol. The molecule has 0 aliphatic carbocycles. The van der Waals surface area contributed by atoms with Crippen LogP contribution in [0.2, 0.25) is 0 Å². The largest absolute Gasteiger partial charge is 0.201 e. The average molecular weight is 232 g/mol. The molecule has 0 aromatic heterocycles. The fraction of sp³-hybridized carbons (Fsp3) is 1.00. The van der Waals surface area contributed by atoms with E-state index in [2.05, 4.69) is 28.8 Å². The highest BCUT2D eigenvalue weighted by molar-refractivity contribution is 4.56. The van der Waals surface area contributed by atoms with Crippen molar-refractivity contribution in [2.45, 2.75) is 64.9 Å². The van der Waals surface area contributed by atoms with Gasteiger partial charge in [0.05, 0.1) is 0 Å². The second kappa shape index (κ2) is 8.93. The molecule has 0 spiro atoms. The van der Waals surface area contributed by atoms with Gasteiger partial charge in [-0.25, -0.2) is 4.89 Å². The van der Waals surface area contributed by atoms with E-state index in [0.29, 0.717) is 6.61 Å². The molecule has 0 bridgehead atoms. The molecule has 1 unspecified atom stereocenters. The maximum Gasteiger partial charge on any atom is 0.123 e. The third kappa shape index (κ3) is 7.17. The summed E-state index contributed by atoms with van der Waals surface area (Å²) in [7, 11) is 0. The Morgan fingerprint density at radius 1 is 1.00 bits per heavy atom. The minimum absolute atomic E-state index is 0.0319. The predicted octanol–water partition coefficient (Wildman–Crippen LogP) is 3.57. The normalized spacial score (nSPS) is 21.6. The standard InChI is InChI=1S/C12H24O4/c1-11(2)8-6-4-3-5-7-9-12-10-13-15-16-14-12/h11-12H,3-10H2,1-2H3. The Kier molecular flexibility index (Phi) is 7.76. The summed E-state index contributed by atoms with van der Waals surface area (Å²) in [4.78, 5) is 9.55. The molecule has 4 heteroatoms. The smallest absolute Gasteiger partial charge is 0.123 e. The molecule has 16 heavy (non-hydrogen) atoms. The first-order valence-electron chi connectivity index (χ1n) is 6.40. The van der Waals surface area contributed by atoms with Crippen LogP contribution in [0.5, 0.6) is 0 Å². The van der Waals surface area contributed by atoms with Gasteiger partial charge in [-0.05, 0) is 22.4 Å². The molecule has 1 saturated heterocycles. The van der Waals surface area contributed by atoms with Crippen LogP contribution in [-0.4, -0.2) is 12.7 Å². The van der Waals surface area contributed by atoms with Crippen LogP contribution in [0.25, 0.3) is 0 Å². The van der Waals surface area contributed by atoms with E-state index in [9.17, 15) is 0 Å². The molecular formula is C12H24O4. The Labute approximate surface area is 98.0 Å². The van der Waals surface area contributed by atoms with Crippen LogP contribution < -0.4 is 0 Å². The van der Waals surface area contributed by atoms with Crippen molar-refractivity contribution in [2.24, 2.45) is 5.92 Å². The first-order valence-corrected chi connectivity index (χ1v) is 6.40. The summed E-state index contributed by atoms with van der Waals surface area (Å²) < 4.78 is 0. The zero-order valence-corrected chi connectivity index (χ0v) is 10.4. The first-order chi connectivity index (χ1) is 7.79. The second-order valence-electron chi connectivity index (χ2n) is 4.88. The van der Waals surface area contributed by atoms with Crippen LogP contribution in [0.3, 0.4) is 0 Å². The topological polar surface area (TPSA) is 36.9 Å². The van der Waals surface area contributed by atoms with Gasteiger partial charge >= 0.3 is 0 Å². The van der Waals surface area contributed by atoms with Crippen LogP contribution in [0.4, 0.5) is 0 Å². The lowest BCUT2D eigenvalue weighted by Gasteiger charge is -2.18. The average Bonchev–Trinajstić information content (AvgIpc) is 2.29. The van der Waals surface area contributed by atoms with Crippen LogP contribution in [0.15, 0.2) is 0 Å². The highest BCUT2D eigenvalue weighted by Gasteiger charge is 2.16. The molecule has 0 radical (unpaired) electrons. The van der Waals surface area contributed by atoms with Crippen molar-refractivity contribution in [1.29, 1.82) is 0 Å². The fourth-order valence-corrected chi connectivity index (χ4v) is 1.81. The highest BCUT2D eigenvalue weighted by Crippen LogP contribution is 2.14. The van der Waals surface area contributed by atoms with E-state index >= 15 is 0 Å². The number of rotatable bonds is 8. The third-order valence-corrected chi connectivity index (χ3v) is 2.81. The monoisotopic (exact) mass is 232 g/mol. The van der Waals surface area contributed by atoms with Crippen molar-refractivity contribution in [2.75, 3.05) is 6.61 Å². The lowest BCUT2D eigenvalue weighted by molar-refractivity contribution is -0.676. The molecule has 0 aromatic carbocycles. The van der Waals surface area contributed by atoms with Crippen molar-refractivity contribution >= 4 is 0 Å². The van der Waals surface area contributed by atoms with E-state index < -0.39 is 0 Å². The molecule has 0 saturated carbocycles. The summed E-state index contributed by atoms with van der Waals surface area (Å²) in [6, 6.07) is 0. The second-order valence-corrected chi connectivity index (χ2v) is 4.88.